The number of thioether (sulfide) groups is 1. The average molecular weight is 394 g/mol. The monoisotopic (exact) mass is 394 g/mol. The molecule has 3 aromatic rings. The molecule has 3 rings (SSSR count). The molecule has 2 amide bonds. The molecule has 2 N–H and O–H groups in total. The van der Waals surface area contributed by atoms with E-state index in [0.29, 0.717) is 5.69 Å². The van der Waals surface area contributed by atoms with Crippen molar-refractivity contribution in [3.05, 3.63) is 90.2 Å². The molecule has 0 aliphatic rings. The van der Waals surface area contributed by atoms with Crippen LogP contribution in [0.4, 0.5) is 15.8 Å². The Hall–Kier alpha value is -3.12. The number of nitrogens with one attached hydrogen (secondary N) is 2. The van der Waals surface area contributed by atoms with Crippen molar-refractivity contribution in [1.82, 2.24) is 0 Å². The van der Waals surface area contributed by atoms with E-state index in [2.05, 4.69) is 10.6 Å². The van der Waals surface area contributed by atoms with Crippen molar-refractivity contribution in [3.8, 4) is 0 Å². The number of carbonyl (C=O) groups excluding carboxylic acids is 2. The van der Waals surface area contributed by atoms with Crippen molar-refractivity contribution >= 4 is 35.0 Å². The van der Waals surface area contributed by atoms with Gasteiger partial charge in [0.15, 0.2) is 0 Å². The molecule has 0 saturated carbocycles. The van der Waals surface area contributed by atoms with Crippen LogP contribution in [0.1, 0.15) is 17.7 Å². The van der Waals surface area contributed by atoms with Gasteiger partial charge in [-0.05, 0) is 35.9 Å². The van der Waals surface area contributed by atoms with E-state index in [-0.39, 0.29) is 17.5 Å². The first-order valence-corrected chi connectivity index (χ1v) is 9.55. The summed E-state index contributed by atoms with van der Waals surface area (Å²) in [5.41, 5.74) is 1.59. The number of benzene rings is 3. The largest absolute Gasteiger partial charge is 0.326 e. The van der Waals surface area contributed by atoms with Crippen molar-refractivity contribution in [2.45, 2.75) is 17.1 Å². The standard InChI is InChI=1S/C22H19FN2O2S/c1-15(26)24-17-10-7-11-18(14-17)28-21(16-8-3-2-4-9-16)22(27)25-20-13-6-5-12-19(20)23/h2-14,21H,1H3,(H,24,26)(H,25,27). The molecule has 1 atom stereocenters. The van der Waals surface area contributed by atoms with Crippen LogP contribution in [-0.2, 0) is 9.59 Å². The zero-order chi connectivity index (χ0) is 19.9. The van der Waals surface area contributed by atoms with Crippen LogP contribution in [0.15, 0.2) is 83.8 Å². The molecule has 0 heterocycles. The van der Waals surface area contributed by atoms with Gasteiger partial charge in [-0.15, -0.1) is 11.8 Å². The molecule has 0 aliphatic carbocycles. The molecule has 0 saturated heterocycles. The molecule has 142 valence electrons. The normalized spacial score (nSPS) is 11.5. The van der Waals surface area contributed by atoms with E-state index in [1.807, 2.05) is 42.5 Å². The topological polar surface area (TPSA) is 58.2 Å². The molecule has 0 bridgehead atoms. The Bertz CT molecular complexity index is 979. The Kier molecular flexibility index (Phi) is 6.45. The number of hydrogen-bond donors (Lipinski definition) is 2. The fraction of sp³-hybridized carbons (Fsp3) is 0.0909. The second-order valence-electron chi connectivity index (χ2n) is 6.09. The number of hydrogen-bond acceptors (Lipinski definition) is 3. The summed E-state index contributed by atoms with van der Waals surface area (Å²) >= 11 is 1.33. The van der Waals surface area contributed by atoms with Crippen molar-refractivity contribution in [2.24, 2.45) is 0 Å². The molecule has 4 nitrogen and oxygen atoms in total. The number of para-hydroxylation sites is 1. The fourth-order valence-corrected chi connectivity index (χ4v) is 3.73. The number of carbonyl (C=O) groups is 2. The predicted molar refractivity (Wildman–Crippen MR) is 111 cm³/mol. The van der Waals surface area contributed by atoms with E-state index < -0.39 is 11.1 Å². The predicted octanol–water partition coefficient (Wildman–Crippen LogP) is 5.26. The minimum absolute atomic E-state index is 0.140. The van der Waals surface area contributed by atoms with E-state index in [9.17, 15) is 14.0 Å². The zero-order valence-corrected chi connectivity index (χ0v) is 16.0. The first kappa shape index (κ1) is 19.6. The highest BCUT2D eigenvalue weighted by molar-refractivity contribution is 8.00. The molecule has 1 unspecified atom stereocenters. The Morgan fingerprint density at radius 1 is 0.893 bits per heavy atom. The molecule has 3 aromatic carbocycles. The van der Waals surface area contributed by atoms with Crippen LogP contribution >= 0.6 is 11.8 Å². The van der Waals surface area contributed by atoms with Crippen LogP contribution in [-0.4, -0.2) is 11.8 Å². The van der Waals surface area contributed by atoms with Gasteiger partial charge in [0.1, 0.15) is 11.1 Å². The highest BCUT2D eigenvalue weighted by Gasteiger charge is 2.23. The molecule has 0 fully saturated rings. The lowest BCUT2D eigenvalue weighted by Crippen LogP contribution is -2.19. The second kappa shape index (κ2) is 9.19. The summed E-state index contributed by atoms with van der Waals surface area (Å²) in [6.45, 7) is 1.44. The second-order valence-corrected chi connectivity index (χ2v) is 7.27. The average Bonchev–Trinajstić information content (AvgIpc) is 2.68. The number of halogens is 1. The third-order valence-electron chi connectivity index (χ3n) is 3.88. The molecular formula is C22H19FN2O2S. The minimum Gasteiger partial charge on any atom is -0.326 e. The summed E-state index contributed by atoms with van der Waals surface area (Å²) in [4.78, 5) is 25.1. The fourth-order valence-electron chi connectivity index (χ4n) is 2.65. The summed E-state index contributed by atoms with van der Waals surface area (Å²) in [6, 6.07) is 22.6. The molecule has 0 aliphatic heterocycles. The summed E-state index contributed by atoms with van der Waals surface area (Å²) < 4.78 is 14.0. The summed E-state index contributed by atoms with van der Waals surface area (Å²) in [6.07, 6.45) is 0. The molecule has 6 heteroatoms. The van der Waals surface area contributed by atoms with Crippen molar-refractivity contribution < 1.29 is 14.0 Å². The van der Waals surface area contributed by atoms with Gasteiger partial charge in [-0.25, -0.2) is 4.39 Å². The van der Waals surface area contributed by atoms with Crippen LogP contribution in [0.25, 0.3) is 0 Å². The number of amides is 2. The van der Waals surface area contributed by atoms with Crippen LogP contribution < -0.4 is 10.6 Å². The van der Waals surface area contributed by atoms with Crippen molar-refractivity contribution in [3.63, 3.8) is 0 Å². The van der Waals surface area contributed by atoms with E-state index >= 15 is 0 Å². The third kappa shape index (κ3) is 5.20. The third-order valence-corrected chi connectivity index (χ3v) is 5.13. The maximum Gasteiger partial charge on any atom is 0.242 e. The molecular weight excluding hydrogens is 375 g/mol. The quantitative estimate of drug-likeness (QED) is 0.561. The SMILES string of the molecule is CC(=O)Nc1cccc(SC(C(=O)Nc2ccccc2F)c2ccccc2)c1. The molecule has 0 aromatic heterocycles. The molecule has 0 spiro atoms. The van der Waals surface area contributed by atoms with Gasteiger partial charge in [0.2, 0.25) is 11.8 Å². The summed E-state index contributed by atoms with van der Waals surface area (Å²) in [5.74, 6) is -0.981. The van der Waals surface area contributed by atoms with Gasteiger partial charge >= 0.3 is 0 Å². The van der Waals surface area contributed by atoms with Gasteiger partial charge in [-0.2, -0.15) is 0 Å². The molecule has 28 heavy (non-hydrogen) atoms. The van der Waals surface area contributed by atoms with Gasteiger partial charge in [0, 0.05) is 17.5 Å². The molecule has 0 radical (unpaired) electrons. The van der Waals surface area contributed by atoms with Crippen LogP contribution in [0.5, 0.6) is 0 Å². The summed E-state index contributed by atoms with van der Waals surface area (Å²) in [7, 11) is 0. The van der Waals surface area contributed by atoms with Crippen LogP contribution in [0.2, 0.25) is 0 Å². The van der Waals surface area contributed by atoms with E-state index in [4.69, 9.17) is 0 Å². The Morgan fingerprint density at radius 2 is 1.61 bits per heavy atom. The maximum absolute atomic E-state index is 14.0. The number of rotatable bonds is 6. The van der Waals surface area contributed by atoms with Gasteiger partial charge < -0.3 is 10.6 Å². The smallest absolute Gasteiger partial charge is 0.242 e. The van der Waals surface area contributed by atoms with Crippen LogP contribution in [0.3, 0.4) is 0 Å². The zero-order valence-electron chi connectivity index (χ0n) is 15.2. The van der Waals surface area contributed by atoms with Crippen LogP contribution in [0, 0.1) is 5.82 Å². The van der Waals surface area contributed by atoms with E-state index in [1.165, 1.54) is 30.8 Å². The van der Waals surface area contributed by atoms with Crippen molar-refractivity contribution in [1.29, 1.82) is 0 Å². The lowest BCUT2D eigenvalue weighted by Gasteiger charge is -2.18. The first-order valence-electron chi connectivity index (χ1n) is 8.67. The highest BCUT2D eigenvalue weighted by Crippen LogP contribution is 2.37. The van der Waals surface area contributed by atoms with Crippen molar-refractivity contribution in [2.75, 3.05) is 10.6 Å². The Morgan fingerprint density at radius 3 is 2.32 bits per heavy atom. The van der Waals surface area contributed by atoms with Gasteiger partial charge in [0.05, 0.1) is 5.69 Å². The summed E-state index contributed by atoms with van der Waals surface area (Å²) in [5, 5.41) is 4.81. The van der Waals surface area contributed by atoms with Gasteiger partial charge in [-0.1, -0.05) is 48.5 Å². The highest BCUT2D eigenvalue weighted by atomic mass is 32.2. The van der Waals surface area contributed by atoms with E-state index in [1.54, 1.807) is 24.3 Å². The number of anilines is 2. The Balaban J connectivity index is 1.87. The van der Waals surface area contributed by atoms with Gasteiger partial charge in [0.25, 0.3) is 0 Å². The lowest BCUT2D eigenvalue weighted by atomic mass is 10.1. The van der Waals surface area contributed by atoms with Gasteiger partial charge in [-0.3, -0.25) is 9.59 Å². The van der Waals surface area contributed by atoms with E-state index in [0.717, 1.165) is 10.5 Å². The first-order chi connectivity index (χ1) is 13.5. The minimum atomic E-state index is -0.589. The maximum atomic E-state index is 14.0. The lowest BCUT2D eigenvalue weighted by molar-refractivity contribution is -0.116. The Labute approximate surface area is 167 Å².